The zero-order valence-electron chi connectivity index (χ0n) is 13.9. The summed E-state index contributed by atoms with van der Waals surface area (Å²) in [6.07, 6.45) is -0.606. The standard InChI is InChI=1S/C20H18N2O2/c1-12-8-16(13(2)23)18-10-17(20(11-21)22-19(18)9-12)14-4-6-15(24-3)7-5-14/h4-10,13,23H,1-3H3. The lowest BCUT2D eigenvalue weighted by Crippen LogP contribution is -1.98. The first-order valence-corrected chi connectivity index (χ1v) is 7.71. The molecule has 0 aliphatic heterocycles. The van der Waals surface area contributed by atoms with Crippen LogP contribution in [-0.4, -0.2) is 17.2 Å². The Morgan fingerprint density at radius 2 is 1.88 bits per heavy atom. The number of rotatable bonds is 3. The molecule has 0 fully saturated rings. The second kappa shape index (κ2) is 6.31. The third-order valence-electron chi connectivity index (χ3n) is 4.07. The number of aliphatic hydroxyl groups excluding tert-OH is 1. The summed E-state index contributed by atoms with van der Waals surface area (Å²) in [6.45, 7) is 3.69. The maximum atomic E-state index is 10.1. The molecule has 4 nitrogen and oxygen atoms in total. The quantitative estimate of drug-likeness (QED) is 0.788. The first-order chi connectivity index (χ1) is 11.5. The highest BCUT2D eigenvalue weighted by molar-refractivity contribution is 5.89. The number of aromatic nitrogens is 1. The van der Waals surface area contributed by atoms with Gasteiger partial charge in [0.05, 0.1) is 18.7 Å². The van der Waals surface area contributed by atoms with E-state index in [-0.39, 0.29) is 0 Å². The van der Waals surface area contributed by atoms with Crippen molar-refractivity contribution in [2.24, 2.45) is 0 Å². The van der Waals surface area contributed by atoms with Crippen LogP contribution in [0.4, 0.5) is 0 Å². The Labute approximate surface area is 141 Å². The minimum Gasteiger partial charge on any atom is -0.497 e. The van der Waals surface area contributed by atoms with Gasteiger partial charge in [0.2, 0.25) is 0 Å². The predicted molar refractivity (Wildman–Crippen MR) is 93.8 cm³/mol. The lowest BCUT2D eigenvalue weighted by atomic mass is 9.96. The molecule has 24 heavy (non-hydrogen) atoms. The maximum Gasteiger partial charge on any atom is 0.149 e. The summed E-state index contributed by atoms with van der Waals surface area (Å²) in [5, 5.41) is 20.5. The summed E-state index contributed by atoms with van der Waals surface area (Å²) in [5.41, 5.74) is 4.55. The van der Waals surface area contributed by atoms with Gasteiger partial charge in [0.1, 0.15) is 17.5 Å². The molecule has 120 valence electrons. The van der Waals surface area contributed by atoms with Crippen molar-refractivity contribution in [2.75, 3.05) is 7.11 Å². The van der Waals surface area contributed by atoms with Crippen LogP contribution < -0.4 is 4.74 Å². The van der Waals surface area contributed by atoms with E-state index in [4.69, 9.17) is 4.74 Å². The number of methoxy groups -OCH3 is 1. The molecule has 2 aromatic carbocycles. The average Bonchev–Trinajstić information content (AvgIpc) is 2.59. The molecule has 0 saturated heterocycles. The van der Waals surface area contributed by atoms with E-state index in [9.17, 15) is 10.4 Å². The highest BCUT2D eigenvalue weighted by Crippen LogP contribution is 2.32. The van der Waals surface area contributed by atoms with Gasteiger partial charge in [0.25, 0.3) is 0 Å². The molecule has 1 N–H and O–H groups in total. The van der Waals surface area contributed by atoms with Crippen molar-refractivity contribution in [2.45, 2.75) is 20.0 Å². The predicted octanol–water partition coefficient (Wildman–Crippen LogP) is 4.14. The molecule has 1 unspecified atom stereocenters. The zero-order chi connectivity index (χ0) is 17.3. The van der Waals surface area contributed by atoms with E-state index in [0.717, 1.165) is 38.9 Å². The number of ether oxygens (including phenoxy) is 1. The molecule has 0 aliphatic rings. The summed E-state index contributed by atoms with van der Waals surface area (Å²) >= 11 is 0. The van der Waals surface area contributed by atoms with Crippen LogP contribution in [0.2, 0.25) is 0 Å². The Morgan fingerprint density at radius 1 is 1.17 bits per heavy atom. The van der Waals surface area contributed by atoms with Gasteiger partial charge in [-0.05, 0) is 54.8 Å². The maximum absolute atomic E-state index is 10.1. The molecule has 0 radical (unpaired) electrons. The van der Waals surface area contributed by atoms with Gasteiger partial charge in [-0.3, -0.25) is 0 Å². The molecule has 0 bridgehead atoms. The number of hydrogen-bond acceptors (Lipinski definition) is 4. The molecule has 1 aromatic heterocycles. The van der Waals surface area contributed by atoms with E-state index < -0.39 is 6.10 Å². The largest absolute Gasteiger partial charge is 0.497 e. The summed E-state index contributed by atoms with van der Waals surface area (Å²) in [4.78, 5) is 4.51. The van der Waals surface area contributed by atoms with Crippen LogP contribution in [0.25, 0.3) is 22.0 Å². The van der Waals surface area contributed by atoms with Crippen molar-refractivity contribution < 1.29 is 9.84 Å². The summed E-state index contributed by atoms with van der Waals surface area (Å²) < 4.78 is 5.18. The Hall–Kier alpha value is -2.90. The van der Waals surface area contributed by atoms with Gasteiger partial charge < -0.3 is 9.84 Å². The van der Waals surface area contributed by atoms with Crippen molar-refractivity contribution >= 4 is 10.9 Å². The molecule has 0 amide bonds. The molecule has 1 heterocycles. The second-order valence-corrected chi connectivity index (χ2v) is 5.82. The smallest absolute Gasteiger partial charge is 0.149 e. The molecule has 3 rings (SSSR count). The van der Waals surface area contributed by atoms with Crippen LogP contribution in [0.3, 0.4) is 0 Å². The van der Waals surface area contributed by atoms with Crippen molar-refractivity contribution in [3.05, 3.63) is 59.3 Å². The normalized spacial score (nSPS) is 12.0. The van der Waals surface area contributed by atoms with Gasteiger partial charge in [0, 0.05) is 10.9 Å². The molecule has 3 aromatic rings. The van der Waals surface area contributed by atoms with Crippen LogP contribution in [-0.2, 0) is 0 Å². The van der Waals surface area contributed by atoms with Gasteiger partial charge in [-0.1, -0.05) is 18.2 Å². The molecular weight excluding hydrogens is 300 g/mol. The Kier molecular flexibility index (Phi) is 4.20. The van der Waals surface area contributed by atoms with Gasteiger partial charge in [-0.15, -0.1) is 0 Å². The number of aliphatic hydroxyl groups is 1. The SMILES string of the molecule is COc1ccc(-c2cc3c(C(C)O)cc(C)cc3nc2C#N)cc1. The van der Waals surface area contributed by atoms with Crippen LogP contribution in [0.1, 0.15) is 29.8 Å². The highest BCUT2D eigenvalue weighted by atomic mass is 16.5. The Morgan fingerprint density at radius 3 is 2.46 bits per heavy atom. The molecule has 1 atom stereocenters. The average molecular weight is 318 g/mol. The fourth-order valence-corrected chi connectivity index (χ4v) is 2.87. The molecule has 4 heteroatoms. The lowest BCUT2D eigenvalue weighted by Gasteiger charge is -2.13. The fraction of sp³-hybridized carbons (Fsp3) is 0.200. The van der Waals surface area contributed by atoms with E-state index in [2.05, 4.69) is 11.1 Å². The first-order valence-electron chi connectivity index (χ1n) is 7.71. The summed E-state index contributed by atoms with van der Waals surface area (Å²) in [6, 6.07) is 15.5. The van der Waals surface area contributed by atoms with Gasteiger partial charge in [-0.25, -0.2) is 4.98 Å². The number of aryl methyl sites for hydroxylation is 1. The van der Waals surface area contributed by atoms with Gasteiger partial charge >= 0.3 is 0 Å². The number of benzene rings is 2. The van der Waals surface area contributed by atoms with Crippen LogP contribution in [0.15, 0.2) is 42.5 Å². The monoisotopic (exact) mass is 318 g/mol. The highest BCUT2D eigenvalue weighted by Gasteiger charge is 2.14. The van der Waals surface area contributed by atoms with Gasteiger partial charge in [-0.2, -0.15) is 5.26 Å². The molecule has 0 spiro atoms. The van der Waals surface area contributed by atoms with Crippen LogP contribution >= 0.6 is 0 Å². The van der Waals surface area contributed by atoms with Gasteiger partial charge in [0.15, 0.2) is 0 Å². The fourth-order valence-electron chi connectivity index (χ4n) is 2.87. The van der Waals surface area contributed by atoms with Crippen LogP contribution in [0, 0.1) is 18.3 Å². The van der Waals surface area contributed by atoms with Crippen molar-refractivity contribution in [1.29, 1.82) is 5.26 Å². The number of pyridine rings is 1. The molecule has 0 aliphatic carbocycles. The number of nitriles is 1. The first kappa shape index (κ1) is 16.0. The third kappa shape index (κ3) is 2.82. The zero-order valence-corrected chi connectivity index (χ0v) is 13.9. The van der Waals surface area contributed by atoms with Crippen LogP contribution in [0.5, 0.6) is 5.75 Å². The minimum absolute atomic E-state index is 0.370. The number of fused-ring (bicyclic) bond motifs is 1. The molecule has 0 saturated carbocycles. The van der Waals surface area contributed by atoms with E-state index in [1.165, 1.54) is 0 Å². The van der Waals surface area contributed by atoms with E-state index in [0.29, 0.717) is 5.69 Å². The van der Waals surface area contributed by atoms with E-state index in [1.807, 2.05) is 49.4 Å². The van der Waals surface area contributed by atoms with Crippen molar-refractivity contribution in [3.63, 3.8) is 0 Å². The third-order valence-corrected chi connectivity index (χ3v) is 4.07. The minimum atomic E-state index is -0.606. The van der Waals surface area contributed by atoms with Crippen molar-refractivity contribution in [1.82, 2.24) is 4.98 Å². The molecular formula is C20H18N2O2. The number of nitrogens with zero attached hydrogens (tertiary/aromatic N) is 2. The topological polar surface area (TPSA) is 66.1 Å². The summed E-state index contributed by atoms with van der Waals surface area (Å²) in [7, 11) is 1.62. The van der Waals surface area contributed by atoms with Crippen molar-refractivity contribution in [3.8, 4) is 22.9 Å². The number of hydrogen-bond donors (Lipinski definition) is 1. The second-order valence-electron chi connectivity index (χ2n) is 5.82. The Bertz CT molecular complexity index is 938. The Balaban J connectivity index is 2.28. The van der Waals surface area contributed by atoms with E-state index >= 15 is 0 Å². The summed E-state index contributed by atoms with van der Waals surface area (Å²) in [5.74, 6) is 0.756. The lowest BCUT2D eigenvalue weighted by molar-refractivity contribution is 0.201. The van der Waals surface area contributed by atoms with E-state index in [1.54, 1.807) is 14.0 Å².